The van der Waals surface area contributed by atoms with Gasteiger partial charge in [-0.2, -0.15) is 0 Å². The molecule has 0 saturated carbocycles. The number of alkyl carbamates (subject to hydrolysis) is 1. The highest BCUT2D eigenvalue weighted by atomic mass is 16.6. The Hall–Kier alpha value is -2.77. The van der Waals surface area contributed by atoms with Crippen molar-refractivity contribution < 1.29 is 14.3 Å². The number of carbonyl (C=O) groups excluding carboxylic acids is 2. The molecule has 0 aromatic heterocycles. The number of carbonyl (C=O) groups is 2. The van der Waals surface area contributed by atoms with Gasteiger partial charge in [0.05, 0.1) is 6.54 Å². The molecule has 8 heteroatoms. The number of hydrogen-bond acceptors (Lipinski definition) is 4. The summed E-state index contributed by atoms with van der Waals surface area (Å²) in [6.07, 6.45) is -0.447. The Kier molecular flexibility index (Phi) is 9.12. The molecule has 0 radical (unpaired) electrons. The van der Waals surface area contributed by atoms with E-state index in [1.807, 2.05) is 45.9 Å². The predicted octanol–water partition coefficient (Wildman–Crippen LogP) is 1.63. The van der Waals surface area contributed by atoms with Crippen LogP contribution in [0.2, 0.25) is 0 Å². The van der Waals surface area contributed by atoms with Crippen LogP contribution >= 0.6 is 0 Å². The molecule has 0 spiro atoms. The maximum absolute atomic E-state index is 11.7. The molecule has 1 aromatic carbocycles. The van der Waals surface area contributed by atoms with Crippen LogP contribution < -0.4 is 21.3 Å². The minimum Gasteiger partial charge on any atom is -0.444 e. The van der Waals surface area contributed by atoms with Crippen LogP contribution in [0.3, 0.4) is 0 Å². The highest BCUT2D eigenvalue weighted by Crippen LogP contribution is 2.07. The largest absolute Gasteiger partial charge is 0.444 e. The molecular weight excluding hydrogens is 346 g/mol. The first-order chi connectivity index (χ1) is 12.7. The van der Waals surface area contributed by atoms with Gasteiger partial charge in [0.2, 0.25) is 0 Å². The van der Waals surface area contributed by atoms with Crippen molar-refractivity contribution in [1.29, 1.82) is 0 Å². The van der Waals surface area contributed by atoms with Gasteiger partial charge in [-0.05, 0) is 45.4 Å². The SMILES string of the molecule is CCNC(=NCc1cccc(C(=O)NC)c1)NCCNC(=O)OC(C)(C)C. The molecule has 150 valence electrons. The van der Waals surface area contributed by atoms with Gasteiger partial charge in [-0.1, -0.05) is 12.1 Å². The lowest BCUT2D eigenvalue weighted by atomic mass is 10.1. The maximum atomic E-state index is 11.7. The molecule has 0 aliphatic rings. The first-order valence-electron chi connectivity index (χ1n) is 9.05. The monoisotopic (exact) mass is 377 g/mol. The van der Waals surface area contributed by atoms with E-state index in [4.69, 9.17) is 4.74 Å². The quantitative estimate of drug-likeness (QED) is 0.328. The molecular formula is C19H31N5O3. The van der Waals surface area contributed by atoms with E-state index in [1.54, 1.807) is 13.1 Å². The number of ether oxygens (including phenoxy) is 1. The van der Waals surface area contributed by atoms with Crippen LogP contribution in [0.15, 0.2) is 29.3 Å². The van der Waals surface area contributed by atoms with Crippen molar-refractivity contribution in [2.45, 2.75) is 39.8 Å². The minimum absolute atomic E-state index is 0.126. The second-order valence-electron chi connectivity index (χ2n) is 6.83. The fourth-order valence-electron chi connectivity index (χ4n) is 2.13. The molecule has 8 nitrogen and oxygen atoms in total. The van der Waals surface area contributed by atoms with Crippen molar-refractivity contribution in [2.24, 2.45) is 4.99 Å². The second-order valence-corrected chi connectivity index (χ2v) is 6.83. The summed E-state index contributed by atoms with van der Waals surface area (Å²) in [7, 11) is 1.60. The summed E-state index contributed by atoms with van der Waals surface area (Å²) in [5.74, 6) is 0.507. The first kappa shape index (κ1) is 22.3. The molecule has 2 amide bonds. The number of amides is 2. The van der Waals surface area contributed by atoms with Gasteiger partial charge in [0.1, 0.15) is 5.60 Å². The van der Waals surface area contributed by atoms with Crippen LogP contribution in [0.4, 0.5) is 4.79 Å². The van der Waals surface area contributed by atoms with E-state index in [0.29, 0.717) is 37.7 Å². The Balaban J connectivity index is 2.53. The van der Waals surface area contributed by atoms with Crippen LogP contribution in [0.5, 0.6) is 0 Å². The van der Waals surface area contributed by atoms with Crippen molar-refractivity contribution >= 4 is 18.0 Å². The van der Waals surface area contributed by atoms with Gasteiger partial charge in [0.15, 0.2) is 5.96 Å². The number of rotatable bonds is 7. The van der Waals surface area contributed by atoms with E-state index < -0.39 is 11.7 Å². The van der Waals surface area contributed by atoms with Gasteiger partial charge < -0.3 is 26.0 Å². The summed E-state index contributed by atoms with van der Waals surface area (Å²) >= 11 is 0. The number of guanidine groups is 1. The van der Waals surface area contributed by atoms with Crippen LogP contribution in [0.25, 0.3) is 0 Å². The number of nitrogens with one attached hydrogen (secondary N) is 4. The lowest BCUT2D eigenvalue weighted by molar-refractivity contribution is 0.0528. The Bertz CT molecular complexity index is 653. The first-order valence-corrected chi connectivity index (χ1v) is 9.05. The van der Waals surface area contributed by atoms with E-state index in [0.717, 1.165) is 5.56 Å². The van der Waals surface area contributed by atoms with Crippen molar-refractivity contribution in [3.05, 3.63) is 35.4 Å². The zero-order valence-corrected chi connectivity index (χ0v) is 16.8. The Labute approximate surface area is 161 Å². The molecule has 0 bridgehead atoms. The number of nitrogens with zero attached hydrogens (tertiary/aromatic N) is 1. The van der Waals surface area contributed by atoms with Crippen LogP contribution in [0, 0.1) is 0 Å². The second kappa shape index (κ2) is 11.1. The third-order valence-corrected chi connectivity index (χ3v) is 3.27. The number of benzene rings is 1. The summed E-state index contributed by atoms with van der Waals surface area (Å²) in [6, 6.07) is 7.33. The Morgan fingerprint density at radius 1 is 1.11 bits per heavy atom. The molecule has 0 aliphatic heterocycles. The summed E-state index contributed by atoms with van der Waals surface area (Å²) in [4.78, 5) is 27.8. The Morgan fingerprint density at radius 2 is 1.81 bits per heavy atom. The fraction of sp³-hybridized carbons (Fsp3) is 0.526. The summed E-state index contributed by atoms with van der Waals surface area (Å²) < 4.78 is 5.18. The standard InChI is InChI=1S/C19H31N5O3/c1-6-21-17(22-10-11-23-18(26)27-19(2,3)4)24-13-14-8-7-9-15(12-14)16(25)20-5/h7-9,12H,6,10-11,13H2,1-5H3,(H,20,25)(H,23,26)(H2,21,22,24). The smallest absolute Gasteiger partial charge is 0.407 e. The molecule has 0 atom stereocenters. The van der Waals surface area contributed by atoms with Gasteiger partial charge in [0.25, 0.3) is 5.91 Å². The van der Waals surface area contributed by atoms with Gasteiger partial charge >= 0.3 is 6.09 Å². The van der Waals surface area contributed by atoms with E-state index in [2.05, 4.69) is 26.3 Å². The van der Waals surface area contributed by atoms with Crippen molar-refractivity contribution in [3.8, 4) is 0 Å². The zero-order valence-electron chi connectivity index (χ0n) is 16.8. The molecule has 0 unspecified atom stereocenters. The van der Waals surface area contributed by atoms with E-state index >= 15 is 0 Å². The molecule has 1 aromatic rings. The Morgan fingerprint density at radius 3 is 2.44 bits per heavy atom. The fourth-order valence-corrected chi connectivity index (χ4v) is 2.13. The van der Waals surface area contributed by atoms with Gasteiger partial charge in [-0.25, -0.2) is 9.79 Å². The van der Waals surface area contributed by atoms with Gasteiger partial charge in [-0.15, -0.1) is 0 Å². The topological polar surface area (TPSA) is 104 Å². The molecule has 0 aliphatic carbocycles. The average Bonchev–Trinajstić information content (AvgIpc) is 2.61. The average molecular weight is 377 g/mol. The van der Waals surface area contributed by atoms with Crippen molar-refractivity contribution in [1.82, 2.24) is 21.3 Å². The van der Waals surface area contributed by atoms with E-state index in [9.17, 15) is 9.59 Å². The lowest BCUT2D eigenvalue weighted by Crippen LogP contribution is -2.42. The zero-order chi connectivity index (χ0) is 20.3. The van der Waals surface area contributed by atoms with E-state index in [1.165, 1.54) is 0 Å². The molecule has 27 heavy (non-hydrogen) atoms. The molecule has 1 rings (SSSR count). The molecule has 4 N–H and O–H groups in total. The molecule has 0 saturated heterocycles. The van der Waals surface area contributed by atoms with Crippen LogP contribution in [0.1, 0.15) is 43.6 Å². The highest BCUT2D eigenvalue weighted by molar-refractivity contribution is 5.94. The lowest BCUT2D eigenvalue weighted by Gasteiger charge is -2.19. The number of aliphatic imine (C=N–C) groups is 1. The highest BCUT2D eigenvalue weighted by Gasteiger charge is 2.15. The van der Waals surface area contributed by atoms with Crippen molar-refractivity contribution in [3.63, 3.8) is 0 Å². The van der Waals surface area contributed by atoms with Gasteiger partial charge in [0, 0.05) is 32.2 Å². The number of hydrogen-bond donors (Lipinski definition) is 4. The predicted molar refractivity (Wildman–Crippen MR) is 107 cm³/mol. The third-order valence-electron chi connectivity index (χ3n) is 3.27. The van der Waals surface area contributed by atoms with E-state index in [-0.39, 0.29) is 5.91 Å². The summed E-state index contributed by atoms with van der Waals surface area (Å²) in [5, 5.41) is 11.6. The van der Waals surface area contributed by atoms with Crippen LogP contribution in [-0.2, 0) is 11.3 Å². The maximum Gasteiger partial charge on any atom is 0.407 e. The third kappa shape index (κ3) is 9.48. The normalized spacial score (nSPS) is 11.5. The minimum atomic E-state index is -0.517. The molecule has 0 fully saturated rings. The van der Waals surface area contributed by atoms with Gasteiger partial charge in [-0.3, -0.25) is 4.79 Å². The summed E-state index contributed by atoms with van der Waals surface area (Å²) in [6.45, 7) is 9.49. The summed E-state index contributed by atoms with van der Waals surface area (Å²) in [5.41, 5.74) is 1.02. The van der Waals surface area contributed by atoms with Crippen molar-refractivity contribution in [2.75, 3.05) is 26.7 Å². The van der Waals surface area contributed by atoms with Crippen LogP contribution in [-0.4, -0.2) is 50.2 Å². The molecule has 0 heterocycles.